The zero-order valence-corrected chi connectivity index (χ0v) is 29.7. The van der Waals surface area contributed by atoms with E-state index in [2.05, 4.69) is 64.8 Å². The summed E-state index contributed by atoms with van der Waals surface area (Å²) < 4.78 is 12.3. The summed E-state index contributed by atoms with van der Waals surface area (Å²) in [4.78, 5) is 39.3. The first kappa shape index (κ1) is 35.1. The van der Waals surface area contributed by atoms with Crippen molar-refractivity contribution in [3.05, 3.63) is 101 Å². The SMILES string of the molecule is CC(C)(C)C1=NCC(CC(=O)Cc2ccc(Oc3ccnc4cc(OCCCN5CCN(c6ccccc6)CC5)c(C(N)=O)cc34)cc2Cl)=C1. The largest absolute Gasteiger partial charge is 0.493 e. The number of nitrogens with two attached hydrogens (primary N) is 1. The molecule has 1 saturated heterocycles. The molecule has 0 aliphatic carbocycles. The summed E-state index contributed by atoms with van der Waals surface area (Å²) in [5, 5.41) is 1.05. The van der Waals surface area contributed by atoms with Crippen molar-refractivity contribution >= 4 is 45.6 Å². The summed E-state index contributed by atoms with van der Waals surface area (Å²) >= 11 is 6.62. The molecule has 0 radical (unpaired) electrons. The Morgan fingerprint density at radius 3 is 2.42 bits per heavy atom. The van der Waals surface area contributed by atoms with E-state index in [0.717, 1.165) is 56.0 Å². The number of aromatic nitrogens is 1. The molecule has 0 bridgehead atoms. The number of aliphatic imine (C=N–C) groups is 1. The van der Waals surface area contributed by atoms with Crippen molar-refractivity contribution in [3.63, 3.8) is 0 Å². The van der Waals surface area contributed by atoms with Crippen molar-refractivity contribution < 1.29 is 19.1 Å². The predicted molar refractivity (Wildman–Crippen MR) is 200 cm³/mol. The number of ketones is 1. The van der Waals surface area contributed by atoms with E-state index < -0.39 is 5.91 Å². The van der Waals surface area contributed by atoms with Gasteiger partial charge in [-0.05, 0) is 60.0 Å². The molecule has 50 heavy (non-hydrogen) atoms. The Morgan fingerprint density at radius 1 is 0.940 bits per heavy atom. The number of nitrogens with zero attached hydrogens (tertiary/aromatic N) is 4. The standard InChI is InChI=1S/C40H44ClN5O4/c1-40(2,3)38-21-27(26-44-38)20-30(47)22-28-10-11-31(23-34(28)41)50-36-12-13-43-35-25-37(33(39(42)48)24-32(35)36)49-19-7-14-45-15-17-46(18-16-45)29-8-5-4-6-9-29/h4-6,8-13,21,23-25H,7,14-20,22,26H2,1-3H3,(H2,42,48). The molecule has 1 aromatic heterocycles. The number of allylic oxidation sites excluding steroid dienone is 1. The maximum absolute atomic E-state index is 12.9. The third kappa shape index (κ3) is 8.70. The molecule has 2 aliphatic rings. The van der Waals surface area contributed by atoms with Crippen LogP contribution in [0.2, 0.25) is 5.02 Å². The maximum atomic E-state index is 12.9. The zero-order chi connectivity index (χ0) is 35.3. The molecule has 260 valence electrons. The number of hydrogen-bond donors (Lipinski definition) is 1. The minimum atomic E-state index is -0.597. The lowest BCUT2D eigenvalue weighted by atomic mass is 9.89. The number of hydrogen-bond acceptors (Lipinski definition) is 8. The molecule has 9 nitrogen and oxygen atoms in total. The number of anilines is 1. The van der Waals surface area contributed by atoms with Crippen molar-refractivity contribution in [2.24, 2.45) is 16.1 Å². The lowest BCUT2D eigenvalue weighted by Crippen LogP contribution is -2.46. The Bertz CT molecular complexity index is 1930. The molecule has 0 atom stereocenters. The number of carbonyl (C=O) groups is 2. The fraction of sp³-hybridized carbons (Fsp3) is 0.350. The van der Waals surface area contributed by atoms with E-state index in [0.29, 0.717) is 52.7 Å². The van der Waals surface area contributed by atoms with Crippen molar-refractivity contribution in [2.45, 2.75) is 40.0 Å². The van der Waals surface area contributed by atoms with E-state index in [1.165, 1.54) is 5.69 Å². The minimum absolute atomic E-state index is 0.0400. The lowest BCUT2D eigenvalue weighted by Gasteiger charge is -2.36. The third-order valence-electron chi connectivity index (χ3n) is 9.06. The average Bonchev–Trinajstić information content (AvgIpc) is 3.57. The van der Waals surface area contributed by atoms with Crippen LogP contribution in [0.15, 0.2) is 89.6 Å². The van der Waals surface area contributed by atoms with Crippen molar-refractivity contribution in [3.8, 4) is 17.2 Å². The summed E-state index contributed by atoms with van der Waals surface area (Å²) in [7, 11) is 0. The number of ether oxygens (including phenoxy) is 2. The highest BCUT2D eigenvalue weighted by Crippen LogP contribution is 2.35. The van der Waals surface area contributed by atoms with Crippen LogP contribution < -0.4 is 20.1 Å². The number of pyridine rings is 1. The number of Topliss-reactive ketones (excluding diaryl/α,β-unsaturated/α-hetero) is 1. The van der Waals surface area contributed by atoms with Crippen LogP contribution in [0.25, 0.3) is 10.9 Å². The highest BCUT2D eigenvalue weighted by Gasteiger charge is 2.23. The quantitative estimate of drug-likeness (QED) is 0.146. The summed E-state index contributed by atoms with van der Waals surface area (Å²) in [5.74, 6) is 0.860. The van der Waals surface area contributed by atoms with Crippen LogP contribution in [0.1, 0.15) is 49.5 Å². The summed E-state index contributed by atoms with van der Waals surface area (Å²) in [6, 6.07) is 20.9. The number of halogens is 1. The zero-order valence-electron chi connectivity index (χ0n) is 29.0. The van der Waals surface area contributed by atoms with E-state index in [9.17, 15) is 9.59 Å². The number of benzene rings is 3. The van der Waals surface area contributed by atoms with Gasteiger partial charge in [-0.3, -0.25) is 24.5 Å². The van der Waals surface area contributed by atoms with Crippen LogP contribution in [0.5, 0.6) is 17.2 Å². The van der Waals surface area contributed by atoms with Gasteiger partial charge in [-0.1, -0.05) is 56.6 Å². The van der Waals surface area contributed by atoms with E-state index in [1.807, 2.05) is 18.2 Å². The van der Waals surface area contributed by atoms with Gasteiger partial charge in [0.1, 0.15) is 23.0 Å². The second-order valence-corrected chi connectivity index (χ2v) is 14.3. The number of fused-ring (bicyclic) bond motifs is 1. The highest BCUT2D eigenvalue weighted by atomic mass is 35.5. The van der Waals surface area contributed by atoms with Gasteiger partial charge in [-0.25, -0.2) is 0 Å². The molecule has 6 rings (SSSR count). The number of amides is 1. The van der Waals surface area contributed by atoms with Gasteiger partial charge in [0.15, 0.2) is 0 Å². The first-order chi connectivity index (χ1) is 24.0. The Balaban J connectivity index is 1.05. The van der Waals surface area contributed by atoms with Crippen molar-refractivity contribution in [2.75, 3.05) is 50.8 Å². The first-order valence-corrected chi connectivity index (χ1v) is 17.5. The monoisotopic (exact) mass is 693 g/mol. The molecule has 10 heteroatoms. The molecular formula is C40H44ClN5O4. The summed E-state index contributed by atoms with van der Waals surface area (Å²) in [6.45, 7) is 12.2. The topological polar surface area (TPSA) is 110 Å². The number of para-hydroxylation sites is 1. The lowest BCUT2D eigenvalue weighted by molar-refractivity contribution is -0.117. The van der Waals surface area contributed by atoms with Crippen LogP contribution >= 0.6 is 11.6 Å². The van der Waals surface area contributed by atoms with E-state index in [-0.39, 0.29) is 23.2 Å². The van der Waals surface area contributed by atoms with Gasteiger partial charge < -0.3 is 20.1 Å². The van der Waals surface area contributed by atoms with Crippen molar-refractivity contribution in [1.29, 1.82) is 0 Å². The molecule has 3 aromatic carbocycles. The number of piperazine rings is 1. The summed E-state index contributed by atoms with van der Waals surface area (Å²) in [6.07, 6.45) is 5.06. The molecule has 2 N–H and O–H groups in total. The summed E-state index contributed by atoms with van der Waals surface area (Å²) in [5.41, 5.74) is 10.7. The molecule has 4 aromatic rings. The smallest absolute Gasteiger partial charge is 0.252 e. The number of primary amides is 1. The minimum Gasteiger partial charge on any atom is -0.493 e. The molecule has 1 fully saturated rings. The molecule has 1 amide bonds. The van der Waals surface area contributed by atoms with Gasteiger partial charge in [-0.2, -0.15) is 0 Å². The van der Waals surface area contributed by atoms with Gasteiger partial charge in [-0.15, -0.1) is 0 Å². The highest BCUT2D eigenvalue weighted by molar-refractivity contribution is 6.31. The van der Waals surface area contributed by atoms with Crippen LogP contribution in [-0.2, 0) is 11.2 Å². The Hall–Kier alpha value is -4.73. The first-order valence-electron chi connectivity index (χ1n) is 17.1. The van der Waals surface area contributed by atoms with Crippen LogP contribution in [0.4, 0.5) is 5.69 Å². The molecule has 3 heterocycles. The molecule has 2 aliphatic heterocycles. The molecule has 0 unspecified atom stereocenters. The second-order valence-electron chi connectivity index (χ2n) is 13.9. The second kappa shape index (κ2) is 15.4. The Kier molecular flexibility index (Phi) is 10.8. The van der Waals surface area contributed by atoms with Crippen LogP contribution in [-0.4, -0.2) is 73.2 Å². The van der Waals surface area contributed by atoms with E-state index in [1.54, 1.807) is 36.5 Å². The van der Waals surface area contributed by atoms with Crippen LogP contribution in [0.3, 0.4) is 0 Å². The third-order valence-corrected chi connectivity index (χ3v) is 9.42. The van der Waals surface area contributed by atoms with Gasteiger partial charge >= 0.3 is 0 Å². The van der Waals surface area contributed by atoms with Gasteiger partial charge in [0.05, 0.1) is 24.2 Å². The fourth-order valence-electron chi connectivity index (χ4n) is 6.31. The molecular weight excluding hydrogens is 650 g/mol. The fourth-order valence-corrected chi connectivity index (χ4v) is 6.55. The average molecular weight is 694 g/mol. The Morgan fingerprint density at radius 2 is 1.72 bits per heavy atom. The van der Waals surface area contributed by atoms with Crippen LogP contribution in [0, 0.1) is 5.41 Å². The number of carbonyl (C=O) groups excluding carboxylic acids is 2. The number of rotatable bonds is 13. The van der Waals surface area contributed by atoms with E-state index in [4.69, 9.17) is 26.8 Å². The predicted octanol–water partition coefficient (Wildman–Crippen LogP) is 7.30. The van der Waals surface area contributed by atoms with Gasteiger partial charge in [0, 0.05) is 85.1 Å². The Labute approximate surface area is 298 Å². The maximum Gasteiger partial charge on any atom is 0.252 e. The molecule has 0 spiro atoms. The van der Waals surface area contributed by atoms with Crippen molar-refractivity contribution in [1.82, 2.24) is 9.88 Å². The van der Waals surface area contributed by atoms with Gasteiger partial charge in [0.25, 0.3) is 5.91 Å². The normalized spacial score (nSPS) is 15.2. The van der Waals surface area contributed by atoms with E-state index >= 15 is 0 Å². The molecule has 0 saturated carbocycles. The van der Waals surface area contributed by atoms with Gasteiger partial charge in [0.2, 0.25) is 0 Å².